The predicted octanol–water partition coefficient (Wildman–Crippen LogP) is 10.0. The van der Waals surface area contributed by atoms with Crippen LogP contribution in [0.15, 0.2) is 121 Å². The zero-order valence-electron chi connectivity index (χ0n) is 26.4. The lowest BCUT2D eigenvalue weighted by atomic mass is 9.67. The number of nitrogens with zero attached hydrogens (tertiary/aromatic N) is 2. The molecule has 0 unspecified atom stereocenters. The van der Waals surface area contributed by atoms with Gasteiger partial charge in [-0.05, 0) is 106 Å². The molecule has 2 heterocycles. The molecule has 6 aromatic rings. The molecule has 6 aromatic carbocycles. The summed E-state index contributed by atoms with van der Waals surface area (Å²) in [5.74, 6) is 0. The van der Waals surface area contributed by atoms with E-state index >= 15 is 0 Å². The second kappa shape index (κ2) is 9.46. The van der Waals surface area contributed by atoms with Gasteiger partial charge in [-0.25, -0.2) is 0 Å². The first-order chi connectivity index (χ1) is 21.9. The van der Waals surface area contributed by atoms with Gasteiger partial charge in [-0.2, -0.15) is 0 Å². The van der Waals surface area contributed by atoms with Crippen LogP contribution in [0.4, 0.5) is 22.7 Å². The van der Waals surface area contributed by atoms with Crippen molar-refractivity contribution in [2.24, 2.45) is 0 Å². The Morgan fingerprint density at radius 3 is 1.27 bits per heavy atom. The summed E-state index contributed by atoms with van der Waals surface area (Å²) in [6, 6.07) is 46.3. The molecule has 0 saturated carbocycles. The van der Waals surface area contributed by atoms with E-state index in [4.69, 9.17) is 0 Å². The monoisotopic (exact) mass is 580 g/mol. The van der Waals surface area contributed by atoms with Crippen molar-refractivity contribution in [1.29, 1.82) is 0 Å². The van der Waals surface area contributed by atoms with Gasteiger partial charge in [-0.1, -0.05) is 96.1 Å². The van der Waals surface area contributed by atoms with Gasteiger partial charge in [0.1, 0.15) is 0 Å². The largest absolute Gasteiger partial charge is 0.344 e. The van der Waals surface area contributed by atoms with Crippen molar-refractivity contribution in [2.75, 3.05) is 23.9 Å². The lowest BCUT2D eigenvalue weighted by molar-refractivity contribution is 0.766. The minimum absolute atomic E-state index is 0.444. The molecule has 2 aliphatic heterocycles. The molecule has 2 heteroatoms. The summed E-state index contributed by atoms with van der Waals surface area (Å²) < 4.78 is 0. The summed E-state index contributed by atoms with van der Waals surface area (Å²) in [5.41, 5.74) is 21.1. The molecular formula is C43H36N2. The molecule has 0 radical (unpaired) electrons. The smallest absolute Gasteiger partial charge is 0.0715 e. The van der Waals surface area contributed by atoms with Gasteiger partial charge in [0.15, 0.2) is 0 Å². The first-order valence-corrected chi connectivity index (χ1v) is 16.1. The van der Waals surface area contributed by atoms with E-state index in [2.05, 4.69) is 159 Å². The van der Waals surface area contributed by atoms with E-state index in [1.54, 1.807) is 0 Å². The Kier molecular flexibility index (Phi) is 5.54. The maximum Gasteiger partial charge on any atom is 0.0715 e. The van der Waals surface area contributed by atoms with Gasteiger partial charge in [0.2, 0.25) is 0 Å². The topological polar surface area (TPSA) is 6.48 Å². The van der Waals surface area contributed by atoms with Crippen molar-refractivity contribution in [3.8, 4) is 11.1 Å². The summed E-state index contributed by atoms with van der Waals surface area (Å²) in [4.78, 5) is 4.82. The normalized spacial score (nSPS) is 15.0. The van der Waals surface area contributed by atoms with Crippen molar-refractivity contribution in [2.45, 2.75) is 32.1 Å². The molecule has 0 bridgehead atoms. The van der Waals surface area contributed by atoms with Crippen molar-refractivity contribution < 1.29 is 0 Å². The summed E-state index contributed by atoms with van der Waals surface area (Å²) in [5, 5.41) is 0. The average molecular weight is 581 g/mol. The molecule has 3 aliphatic rings. The highest BCUT2D eigenvalue weighted by Gasteiger charge is 2.48. The Hall–Kier alpha value is -5.08. The number of anilines is 4. The third-order valence-electron chi connectivity index (χ3n) is 10.6. The summed E-state index contributed by atoms with van der Waals surface area (Å²) >= 11 is 0. The van der Waals surface area contributed by atoms with E-state index in [0.29, 0.717) is 0 Å². The van der Waals surface area contributed by atoms with Gasteiger partial charge in [-0.15, -0.1) is 0 Å². The van der Waals surface area contributed by atoms with Gasteiger partial charge >= 0.3 is 0 Å². The van der Waals surface area contributed by atoms with Crippen molar-refractivity contribution in [3.63, 3.8) is 0 Å². The number of hydrogen-bond donors (Lipinski definition) is 0. The van der Waals surface area contributed by atoms with Crippen LogP contribution in [0, 0.1) is 13.8 Å². The molecule has 0 spiro atoms. The van der Waals surface area contributed by atoms with Gasteiger partial charge < -0.3 is 9.80 Å². The van der Waals surface area contributed by atoms with E-state index in [0.717, 1.165) is 12.8 Å². The van der Waals surface area contributed by atoms with Crippen LogP contribution in [-0.4, -0.2) is 14.1 Å². The molecule has 0 atom stereocenters. The zero-order valence-corrected chi connectivity index (χ0v) is 26.4. The summed E-state index contributed by atoms with van der Waals surface area (Å²) in [6.07, 6.45) is 1.90. The maximum absolute atomic E-state index is 2.52. The second-order valence-corrected chi connectivity index (χ2v) is 13.3. The number of fused-ring (bicyclic) bond motifs is 7. The SMILES string of the molecule is Cc1ccc2c(c1)Cc1cc3c(cc1N2C)C(c1ccccc1)(c1ccccc1)c1cc2c(cc1-3)Cc1cc(C)ccc1N2C. The third-order valence-corrected chi connectivity index (χ3v) is 10.6. The fourth-order valence-corrected chi connectivity index (χ4v) is 8.59. The quantitative estimate of drug-likeness (QED) is 0.201. The lowest BCUT2D eigenvalue weighted by Crippen LogP contribution is -2.30. The van der Waals surface area contributed by atoms with Crippen LogP contribution < -0.4 is 9.80 Å². The van der Waals surface area contributed by atoms with Crippen LogP contribution in [0.2, 0.25) is 0 Å². The number of hydrogen-bond acceptors (Lipinski definition) is 2. The number of rotatable bonds is 2. The minimum atomic E-state index is -0.444. The van der Waals surface area contributed by atoms with Crippen LogP contribution in [0.3, 0.4) is 0 Å². The Labute approximate surface area is 266 Å². The van der Waals surface area contributed by atoms with E-state index in [9.17, 15) is 0 Å². The Morgan fingerprint density at radius 2 is 0.844 bits per heavy atom. The molecule has 0 saturated heterocycles. The standard InChI is InChI=1S/C43H36N2/c1-27-15-17-39-29(19-27)21-31-23-35-36-24-32-22-30-20-28(2)16-18-40(30)45(4)42(32)26-38(36)43(33-11-7-5-8-12-33,34-13-9-6-10-14-34)37(35)25-41(31)44(39)3/h5-20,23-26H,21-22H2,1-4H3. The second-order valence-electron chi connectivity index (χ2n) is 13.3. The fraction of sp³-hybridized carbons (Fsp3) is 0.163. The van der Waals surface area contributed by atoms with Crippen LogP contribution in [0.25, 0.3) is 11.1 Å². The fourth-order valence-electron chi connectivity index (χ4n) is 8.59. The van der Waals surface area contributed by atoms with E-state index in [-0.39, 0.29) is 0 Å². The molecule has 0 aromatic heterocycles. The van der Waals surface area contributed by atoms with E-state index in [1.807, 2.05) is 0 Å². The van der Waals surface area contributed by atoms with Crippen LogP contribution in [0.5, 0.6) is 0 Å². The Morgan fingerprint density at radius 1 is 0.444 bits per heavy atom. The highest BCUT2D eigenvalue weighted by molar-refractivity contribution is 5.93. The number of benzene rings is 6. The molecule has 2 nitrogen and oxygen atoms in total. The first-order valence-electron chi connectivity index (χ1n) is 16.1. The highest BCUT2D eigenvalue weighted by Crippen LogP contribution is 2.60. The molecule has 0 fully saturated rings. The minimum Gasteiger partial charge on any atom is -0.344 e. The zero-order chi connectivity index (χ0) is 30.4. The average Bonchev–Trinajstić information content (AvgIpc) is 3.33. The van der Waals surface area contributed by atoms with E-state index < -0.39 is 5.41 Å². The molecule has 9 rings (SSSR count). The molecule has 45 heavy (non-hydrogen) atoms. The van der Waals surface area contributed by atoms with Gasteiger partial charge in [0.05, 0.1) is 5.41 Å². The van der Waals surface area contributed by atoms with Gasteiger partial charge in [-0.3, -0.25) is 0 Å². The van der Waals surface area contributed by atoms with Gasteiger partial charge in [0, 0.05) is 49.7 Å². The first kappa shape index (κ1) is 26.3. The molecule has 1 aliphatic carbocycles. The van der Waals surface area contributed by atoms with E-state index in [1.165, 1.54) is 89.5 Å². The van der Waals surface area contributed by atoms with Gasteiger partial charge in [0.25, 0.3) is 0 Å². The highest BCUT2D eigenvalue weighted by atomic mass is 15.1. The lowest BCUT2D eigenvalue weighted by Gasteiger charge is -2.37. The maximum atomic E-state index is 2.52. The van der Waals surface area contributed by atoms with Crippen LogP contribution >= 0.6 is 0 Å². The molecule has 0 N–H and O–H groups in total. The Balaban J connectivity index is 1.37. The third kappa shape index (κ3) is 3.63. The van der Waals surface area contributed by atoms with Crippen molar-refractivity contribution in [1.82, 2.24) is 0 Å². The Bertz CT molecular complexity index is 2000. The summed E-state index contributed by atoms with van der Waals surface area (Å²) in [7, 11) is 4.47. The van der Waals surface area contributed by atoms with Crippen LogP contribution in [-0.2, 0) is 18.3 Å². The van der Waals surface area contributed by atoms with Crippen molar-refractivity contribution >= 4 is 22.7 Å². The van der Waals surface area contributed by atoms with Crippen molar-refractivity contribution in [3.05, 3.63) is 177 Å². The predicted molar refractivity (Wildman–Crippen MR) is 188 cm³/mol. The molecule has 0 amide bonds. The summed E-state index contributed by atoms with van der Waals surface area (Å²) in [6.45, 7) is 4.39. The number of aryl methyl sites for hydroxylation is 2. The van der Waals surface area contributed by atoms with Crippen LogP contribution in [0.1, 0.15) is 55.6 Å². The molecular weight excluding hydrogens is 544 g/mol. The molecule has 218 valence electrons.